The van der Waals surface area contributed by atoms with Gasteiger partial charge in [0.05, 0.1) is 6.10 Å². The number of hydrogen-bond acceptors (Lipinski definition) is 3. The Balaban J connectivity index is 1.98. The SMILES string of the molecule is CCc1cnccc1C(CCC1CCCO1)NC. The number of hydrogen-bond donors (Lipinski definition) is 1. The molecule has 2 rings (SSSR count). The molecule has 1 aromatic rings. The van der Waals surface area contributed by atoms with Crippen molar-refractivity contribution in [3.63, 3.8) is 0 Å². The van der Waals surface area contributed by atoms with Crippen LogP contribution in [-0.2, 0) is 11.2 Å². The summed E-state index contributed by atoms with van der Waals surface area (Å²) in [5.74, 6) is 0. The Morgan fingerprint density at radius 1 is 1.56 bits per heavy atom. The van der Waals surface area contributed by atoms with Crippen molar-refractivity contribution in [2.45, 2.75) is 51.2 Å². The Bertz CT molecular complexity index is 361. The van der Waals surface area contributed by atoms with Gasteiger partial charge in [-0.05, 0) is 56.3 Å². The average molecular weight is 248 g/mol. The van der Waals surface area contributed by atoms with E-state index in [0.29, 0.717) is 12.1 Å². The van der Waals surface area contributed by atoms with Crippen LogP contribution in [0.1, 0.15) is 49.8 Å². The van der Waals surface area contributed by atoms with Gasteiger partial charge < -0.3 is 10.1 Å². The maximum Gasteiger partial charge on any atom is 0.0576 e. The van der Waals surface area contributed by atoms with Crippen LogP contribution in [0, 0.1) is 0 Å². The molecule has 0 saturated carbocycles. The van der Waals surface area contributed by atoms with E-state index in [-0.39, 0.29) is 0 Å². The van der Waals surface area contributed by atoms with Crippen LogP contribution < -0.4 is 5.32 Å². The molecule has 2 heterocycles. The Labute approximate surface area is 110 Å². The van der Waals surface area contributed by atoms with Crippen molar-refractivity contribution < 1.29 is 4.74 Å². The number of ether oxygens (including phenoxy) is 1. The highest BCUT2D eigenvalue weighted by Crippen LogP contribution is 2.25. The van der Waals surface area contributed by atoms with Gasteiger partial charge in [0.2, 0.25) is 0 Å². The van der Waals surface area contributed by atoms with Crippen molar-refractivity contribution in [1.29, 1.82) is 0 Å². The molecule has 1 aliphatic rings. The van der Waals surface area contributed by atoms with Gasteiger partial charge in [-0.2, -0.15) is 0 Å². The first-order valence-corrected chi connectivity index (χ1v) is 7.06. The van der Waals surface area contributed by atoms with E-state index >= 15 is 0 Å². The van der Waals surface area contributed by atoms with Crippen LogP contribution >= 0.6 is 0 Å². The fraction of sp³-hybridized carbons (Fsp3) is 0.667. The van der Waals surface area contributed by atoms with Gasteiger partial charge in [0.1, 0.15) is 0 Å². The minimum Gasteiger partial charge on any atom is -0.378 e. The third-order valence-corrected chi connectivity index (χ3v) is 3.85. The van der Waals surface area contributed by atoms with Gasteiger partial charge in [-0.15, -0.1) is 0 Å². The summed E-state index contributed by atoms with van der Waals surface area (Å²) in [5.41, 5.74) is 2.75. The summed E-state index contributed by atoms with van der Waals surface area (Å²) in [6.45, 7) is 3.14. The van der Waals surface area contributed by atoms with E-state index in [4.69, 9.17) is 4.74 Å². The summed E-state index contributed by atoms with van der Waals surface area (Å²) >= 11 is 0. The second-order valence-corrected chi connectivity index (χ2v) is 4.98. The highest BCUT2D eigenvalue weighted by molar-refractivity contribution is 5.26. The minimum absolute atomic E-state index is 0.423. The molecule has 1 aliphatic heterocycles. The molecule has 18 heavy (non-hydrogen) atoms. The lowest BCUT2D eigenvalue weighted by molar-refractivity contribution is 0.0998. The van der Waals surface area contributed by atoms with Crippen LogP contribution in [0.4, 0.5) is 0 Å². The minimum atomic E-state index is 0.423. The average Bonchev–Trinajstić information content (AvgIpc) is 2.93. The van der Waals surface area contributed by atoms with E-state index in [9.17, 15) is 0 Å². The molecule has 3 nitrogen and oxygen atoms in total. The number of pyridine rings is 1. The van der Waals surface area contributed by atoms with Crippen LogP contribution in [0.5, 0.6) is 0 Å². The van der Waals surface area contributed by atoms with Crippen molar-refractivity contribution >= 4 is 0 Å². The van der Waals surface area contributed by atoms with Crippen LogP contribution in [0.25, 0.3) is 0 Å². The maximum absolute atomic E-state index is 5.70. The lowest BCUT2D eigenvalue weighted by atomic mass is 9.95. The lowest BCUT2D eigenvalue weighted by Gasteiger charge is -2.21. The van der Waals surface area contributed by atoms with E-state index in [1.807, 2.05) is 19.4 Å². The number of nitrogens with zero attached hydrogens (tertiary/aromatic N) is 1. The quantitative estimate of drug-likeness (QED) is 0.840. The Morgan fingerprint density at radius 3 is 3.11 bits per heavy atom. The number of rotatable bonds is 6. The molecule has 0 aromatic carbocycles. The fourth-order valence-corrected chi connectivity index (χ4v) is 2.75. The normalized spacial score (nSPS) is 21.1. The summed E-state index contributed by atoms with van der Waals surface area (Å²) < 4.78 is 5.70. The predicted molar refractivity (Wildman–Crippen MR) is 73.6 cm³/mol. The molecule has 0 spiro atoms. The van der Waals surface area contributed by atoms with Crippen molar-refractivity contribution in [1.82, 2.24) is 10.3 Å². The zero-order chi connectivity index (χ0) is 12.8. The van der Waals surface area contributed by atoms with E-state index in [1.165, 1.54) is 24.0 Å². The van der Waals surface area contributed by atoms with Crippen LogP contribution in [0.2, 0.25) is 0 Å². The monoisotopic (exact) mass is 248 g/mol. The first-order chi connectivity index (χ1) is 8.85. The molecule has 2 atom stereocenters. The molecule has 100 valence electrons. The molecule has 0 radical (unpaired) electrons. The number of aryl methyl sites for hydroxylation is 1. The van der Waals surface area contributed by atoms with Crippen LogP contribution in [0.15, 0.2) is 18.5 Å². The van der Waals surface area contributed by atoms with Gasteiger partial charge >= 0.3 is 0 Å². The fourth-order valence-electron chi connectivity index (χ4n) is 2.75. The van der Waals surface area contributed by atoms with Gasteiger partial charge in [-0.3, -0.25) is 4.98 Å². The van der Waals surface area contributed by atoms with E-state index in [1.54, 1.807) is 0 Å². The summed E-state index contributed by atoms with van der Waals surface area (Å²) in [6, 6.07) is 2.57. The molecular weight excluding hydrogens is 224 g/mol. The van der Waals surface area contributed by atoms with Crippen LogP contribution in [-0.4, -0.2) is 24.7 Å². The molecule has 0 bridgehead atoms. The van der Waals surface area contributed by atoms with Crippen molar-refractivity contribution in [2.24, 2.45) is 0 Å². The molecular formula is C15H24N2O. The molecule has 2 unspecified atom stereocenters. The Hall–Kier alpha value is -0.930. The molecule has 0 amide bonds. The second-order valence-electron chi connectivity index (χ2n) is 4.98. The molecule has 1 saturated heterocycles. The number of nitrogens with one attached hydrogen (secondary N) is 1. The van der Waals surface area contributed by atoms with Crippen LogP contribution in [0.3, 0.4) is 0 Å². The predicted octanol–water partition coefficient (Wildman–Crippen LogP) is 2.86. The molecule has 1 aromatic heterocycles. The van der Waals surface area contributed by atoms with E-state index < -0.39 is 0 Å². The molecule has 1 N–H and O–H groups in total. The van der Waals surface area contributed by atoms with Gasteiger partial charge in [0.25, 0.3) is 0 Å². The zero-order valence-electron chi connectivity index (χ0n) is 11.5. The van der Waals surface area contributed by atoms with Gasteiger partial charge in [-0.1, -0.05) is 6.92 Å². The summed E-state index contributed by atoms with van der Waals surface area (Å²) in [5, 5.41) is 3.43. The maximum atomic E-state index is 5.70. The van der Waals surface area contributed by atoms with Crippen molar-refractivity contribution in [3.8, 4) is 0 Å². The zero-order valence-corrected chi connectivity index (χ0v) is 11.5. The largest absolute Gasteiger partial charge is 0.378 e. The molecule has 3 heteroatoms. The standard InChI is InChI=1S/C15H24N2O/c1-3-12-11-17-9-8-14(12)15(16-2)7-6-13-5-4-10-18-13/h8-9,11,13,15-16H,3-7,10H2,1-2H3. The Kier molecular flexibility index (Phi) is 5.14. The summed E-state index contributed by atoms with van der Waals surface area (Å²) in [6.07, 6.45) is 10.2. The highest BCUT2D eigenvalue weighted by Gasteiger charge is 2.19. The Morgan fingerprint density at radius 2 is 2.44 bits per heavy atom. The van der Waals surface area contributed by atoms with E-state index in [0.717, 1.165) is 25.9 Å². The molecule has 0 aliphatic carbocycles. The van der Waals surface area contributed by atoms with E-state index in [2.05, 4.69) is 23.3 Å². The summed E-state index contributed by atoms with van der Waals surface area (Å²) in [7, 11) is 2.04. The van der Waals surface area contributed by atoms with Crippen molar-refractivity contribution in [2.75, 3.05) is 13.7 Å². The van der Waals surface area contributed by atoms with Gasteiger partial charge in [0, 0.05) is 25.0 Å². The van der Waals surface area contributed by atoms with Gasteiger partial charge in [-0.25, -0.2) is 0 Å². The van der Waals surface area contributed by atoms with Crippen molar-refractivity contribution in [3.05, 3.63) is 29.6 Å². The van der Waals surface area contributed by atoms with Gasteiger partial charge in [0.15, 0.2) is 0 Å². The first-order valence-electron chi connectivity index (χ1n) is 7.06. The highest BCUT2D eigenvalue weighted by atomic mass is 16.5. The topological polar surface area (TPSA) is 34.1 Å². The lowest BCUT2D eigenvalue weighted by Crippen LogP contribution is -2.20. The third kappa shape index (κ3) is 3.30. The smallest absolute Gasteiger partial charge is 0.0576 e. The summed E-state index contributed by atoms with van der Waals surface area (Å²) in [4.78, 5) is 4.22. The number of aromatic nitrogens is 1. The second kappa shape index (κ2) is 6.86. The first kappa shape index (κ1) is 13.5. The molecule has 1 fully saturated rings. The third-order valence-electron chi connectivity index (χ3n) is 3.85.